The maximum atomic E-state index is 12.6. The molecule has 2 amide bonds. The number of carbonyl (C=O) groups is 1. The summed E-state index contributed by atoms with van der Waals surface area (Å²) in [4.78, 5) is 22.3. The first-order valence-corrected chi connectivity index (χ1v) is 10.4. The molecule has 0 bridgehead atoms. The molecule has 0 radical (unpaired) electrons. The number of hydrogen-bond donors (Lipinski definition) is 2. The third-order valence-electron chi connectivity index (χ3n) is 5.30. The molecule has 0 spiro atoms. The Kier molecular flexibility index (Phi) is 6.23. The summed E-state index contributed by atoms with van der Waals surface area (Å²) >= 11 is 6.07. The van der Waals surface area contributed by atoms with Crippen molar-refractivity contribution in [1.82, 2.24) is 15.1 Å². The summed E-state index contributed by atoms with van der Waals surface area (Å²) in [5.74, 6) is 0. The van der Waals surface area contributed by atoms with Crippen molar-refractivity contribution >= 4 is 52.5 Å². The van der Waals surface area contributed by atoms with Gasteiger partial charge in [-0.2, -0.15) is 5.10 Å². The lowest BCUT2D eigenvalue weighted by Gasteiger charge is -2.29. The number of allylic oxidation sites excluding steroid dienone is 1. The minimum absolute atomic E-state index is 0.118. The van der Waals surface area contributed by atoms with E-state index in [1.54, 1.807) is 11.1 Å². The zero-order valence-corrected chi connectivity index (χ0v) is 18.6. The standard InChI is InChI=1S/C23H23ClN6O2/c1-14(12-26-22(25-2)32-3)21-18-10-16-13-30(8-7-15-5-4-6-17(24)9-15)23(31)27-19(16)11-20(18)28-29-21/h4-6,9-12H,2,7-8,13H2,1,3H3,(H,27,31)(H,28,29)/b14-12+,26-22?. The van der Waals surface area contributed by atoms with Crippen LogP contribution in [0.4, 0.5) is 10.5 Å². The Morgan fingerprint density at radius 3 is 2.97 bits per heavy atom. The summed E-state index contributed by atoms with van der Waals surface area (Å²) in [7, 11) is 1.49. The number of hydrogen-bond acceptors (Lipinski definition) is 4. The SMILES string of the molecule is C=NC(=N/C=C(\C)c1n[nH]c2cc3c(cc12)CN(CCc1cccc(Cl)c1)C(=O)N3)OC. The van der Waals surface area contributed by atoms with Gasteiger partial charge in [-0.05, 0) is 61.0 Å². The maximum absolute atomic E-state index is 12.6. The number of rotatable bonds is 5. The van der Waals surface area contributed by atoms with Crippen molar-refractivity contribution in [2.45, 2.75) is 19.9 Å². The fourth-order valence-corrected chi connectivity index (χ4v) is 3.85. The van der Waals surface area contributed by atoms with Crippen molar-refractivity contribution in [3.05, 3.63) is 64.4 Å². The van der Waals surface area contributed by atoms with Crippen LogP contribution in [0.5, 0.6) is 0 Å². The Morgan fingerprint density at radius 1 is 1.38 bits per heavy atom. The third kappa shape index (κ3) is 4.50. The predicted molar refractivity (Wildman–Crippen MR) is 128 cm³/mol. The Morgan fingerprint density at radius 2 is 2.22 bits per heavy atom. The molecule has 0 atom stereocenters. The molecular weight excluding hydrogens is 428 g/mol. The van der Waals surface area contributed by atoms with Crippen molar-refractivity contribution in [2.24, 2.45) is 9.98 Å². The van der Waals surface area contributed by atoms with Gasteiger partial charge in [0, 0.05) is 35.4 Å². The molecule has 0 unspecified atom stereocenters. The van der Waals surface area contributed by atoms with Crippen LogP contribution in [-0.4, -0.2) is 47.5 Å². The number of H-pyrrole nitrogens is 1. The molecule has 1 aliphatic rings. The Hall–Kier alpha value is -3.65. The first-order chi connectivity index (χ1) is 15.5. The molecule has 0 saturated heterocycles. The van der Waals surface area contributed by atoms with E-state index in [0.717, 1.165) is 45.4 Å². The Balaban J connectivity index is 1.58. The summed E-state index contributed by atoms with van der Waals surface area (Å²) in [5.41, 5.74) is 5.34. The van der Waals surface area contributed by atoms with Gasteiger partial charge in [-0.3, -0.25) is 5.10 Å². The topological polar surface area (TPSA) is 95.0 Å². The van der Waals surface area contributed by atoms with Gasteiger partial charge in [-0.15, -0.1) is 0 Å². The van der Waals surface area contributed by atoms with Gasteiger partial charge in [0.15, 0.2) is 0 Å². The van der Waals surface area contributed by atoms with Crippen molar-refractivity contribution in [3.8, 4) is 0 Å². The normalized spacial score (nSPS) is 14.3. The second-order valence-electron chi connectivity index (χ2n) is 7.44. The molecule has 4 rings (SSSR count). The summed E-state index contributed by atoms with van der Waals surface area (Å²) in [6.07, 6.45) is 2.36. The number of methoxy groups -OCH3 is 1. The molecule has 2 heterocycles. The number of carbonyl (C=O) groups excluding carboxylic acids is 1. The van der Waals surface area contributed by atoms with Gasteiger partial charge >= 0.3 is 12.1 Å². The van der Waals surface area contributed by atoms with Gasteiger partial charge in [0.2, 0.25) is 0 Å². The lowest BCUT2D eigenvalue weighted by atomic mass is 10.0. The number of benzene rings is 2. The molecular formula is C23H23ClN6O2. The maximum Gasteiger partial charge on any atom is 0.322 e. The highest BCUT2D eigenvalue weighted by molar-refractivity contribution is 6.30. The average molecular weight is 451 g/mol. The number of ether oxygens (including phenoxy) is 1. The highest BCUT2D eigenvalue weighted by atomic mass is 35.5. The number of urea groups is 1. The van der Waals surface area contributed by atoms with Crippen molar-refractivity contribution in [3.63, 3.8) is 0 Å². The second kappa shape index (κ2) is 9.23. The molecule has 1 aliphatic heterocycles. The lowest BCUT2D eigenvalue weighted by Crippen LogP contribution is -2.39. The summed E-state index contributed by atoms with van der Waals surface area (Å²) in [5, 5.41) is 12.1. The third-order valence-corrected chi connectivity index (χ3v) is 5.53. The number of amides is 2. The van der Waals surface area contributed by atoms with Gasteiger partial charge < -0.3 is 15.0 Å². The van der Waals surface area contributed by atoms with E-state index in [4.69, 9.17) is 16.3 Å². The van der Waals surface area contributed by atoms with Gasteiger partial charge in [0.25, 0.3) is 0 Å². The Labute approximate surface area is 190 Å². The van der Waals surface area contributed by atoms with Crippen LogP contribution in [0.25, 0.3) is 16.5 Å². The minimum Gasteiger partial charge on any atom is -0.467 e. The minimum atomic E-state index is -0.118. The predicted octanol–water partition coefficient (Wildman–Crippen LogP) is 4.87. The molecule has 2 aromatic carbocycles. The quantitative estimate of drug-likeness (QED) is 0.428. The van der Waals surface area contributed by atoms with Crippen molar-refractivity contribution < 1.29 is 9.53 Å². The van der Waals surface area contributed by atoms with Crippen LogP contribution in [0.2, 0.25) is 5.02 Å². The smallest absolute Gasteiger partial charge is 0.322 e. The number of aliphatic imine (C=N–C) groups is 2. The van der Waals surface area contributed by atoms with Crippen LogP contribution >= 0.6 is 11.6 Å². The van der Waals surface area contributed by atoms with E-state index in [1.807, 2.05) is 37.3 Å². The number of anilines is 1. The van der Waals surface area contributed by atoms with Crippen molar-refractivity contribution in [2.75, 3.05) is 19.0 Å². The number of aromatic amines is 1. The number of fused-ring (bicyclic) bond motifs is 2. The molecule has 2 N–H and O–H groups in total. The van der Waals surface area contributed by atoms with Crippen LogP contribution < -0.4 is 5.32 Å². The molecule has 3 aromatic rings. The summed E-state index contributed by atoms with van der Waals surface area (Å²) in [6.45, 7) is 6.43. The number of halogens is 1. The monoisotopic (exact) mass is 450 g/mol. The number of amidine groups is 1. The second-order valence-corrected chi connectivity index (χ2v) is 7.88. The largest absolute Gasteiger partial charge is 0.467 e. The summed E-state index contributed by atoms with van der Waals surface area (Å²) in [6, 6.07) is 11.7. The molecule has 9 heteroatoms. The molecule has 0 saturated carbocycles. The van der Waals surface area contributed by atoms with Crippen molar-refractivity contribution in [1.29, 1.82) is 0 Å². The molecule has 8 nitrogen and oxygen atoms in total. The number of aromatic nitrogens is 2. The van der Waals surface area contributed by atoms with E-state index >= 15 is 0 Å². The van der Waals surface area contributed by atoms with Gasteiger partial charge in [-0.25, -0.2) is 14.8 Å². The van der Waals surface area contributed by atoms with Gasteiger partial charge in [0.1, 0.15) is 0 Å². The Bertz CT molecular complexity index is 1250. The molecule has 32 heavy (non-hydrogen) atoms. The zero-order chi connectivity index (χ0) is 22.7. The van der Waals surface area contributed by atoms with Gasteiger partial charge in [0.05, 0.1) is 18.3 Å². The molecule has 1 aromatic heterocycles. The first-order valence-electron chi connectivity index (χ1n) is 10.1. The fraction of sp³-hybridized carbons (Fsp3) is 0.217. The van der Waals surface area contributed by atoms with Crippen LogP contribution in [0.1, 0.15) is 23.7 Å². The number of nitrogens with zero attached hydrogens (tertiary/aromatic N) is 4. The highest BCUT2D eigenvalue weighted by Gasteiger charge is 2.24. The molecule has 0 fully saturated rings. The van der Waals surface area contributed by atoms with Crippen LogP contribution in [0, 0.1) is 0 Å². The van der Waals surface area contributed by atoms with E-state index in [9.17, 15) is 4.79 Å². The van der Waals surface area contributed by atoms with Crippen LogP contribution in [0.15, 0.2) is 52.6 Å². The lowest BCUT2D eigenvalue weighted by molar-refractivity contribution is 0.207. The van der Waals surface area contributed by atoms with E-state index < -0.39 is 0 Å². The van der Waals surface area contributed by atoms with Crippen LogP contribution in [-0.2, 0) is 17.7 Å². The van der Waals surface area contributed by atoms with Gasteiger partial charge in [-0.1, -0.05) is 23.7 Å². The average Bonchev–Trinajstić information content (AvgIpc) is 3.19. The number of nitrogens with one attached hydrogen (secondary N) is 2. The fourth-order valence-electron chi connectivity index (χ4n) is 3.64. The highest BCUT2D eigenvalue weighted by Crippen LogP contribution is 2.31. The first kappa shape index (κ1) is 21.6. The van der Waals surface area contributed by atoms with E-state index in [0.29, 0.717) is 18.1 Å². The zero-order valence-electron chi connectivity index (χ0n) is 17.9. The summed E-state index contributed by atoms with van der Waals surface area (Å²) < 4.78 is 5.01. The van der Waals surface area contributed by atoms with E-state index in [-0.39, 0.29) is 12.1 Å². The molecule has 164 valence electrons. The van der Waals surface area contributed by atoms with Crippen LogP contribution in [0.3, 0.4) is 0 Å². The molecule has 0 aliphatic carbocycles. The van der Waals surface area contributed by atoms with E-state index in [1.165, 1.54) is 7.11 Å². The van der Waals surface area contributed by atoms with E-state index in [2.05, 4.69) is 38.3 Å².